The quantitative estimate of drug-likeness (QED) is 0.852. The molecule has 3 heteroatoms. The molecule has 0 fully saturated rings. The SMILES string of the molecule is C.C.C.CC(O)CO[Si](C)(c1ccccc1)c1ccccc1. The van der Waals surface area contributed by atoms with E-state index in [0.717, 1.165) is 0 Å². The van der Waals surface area contributed by atoms with E-state index < -0.39 is 14.4 Å². The monoisotopic (exact) mass is 320 g/mol. The number of benzene rings is 2. The highest BCUT2D eigenvalue weighted by molar-refractivity contribution is 6.96. The van der Waals surface area contributed by atoms with Gasteiger partial charge in [0.25, 0.3) is 8.32 Å². The average molecular weight is 321 g/mol. The van der Waals surface area contributed by atoms with Crippen LogP contribution in [0.15, 0.2) is 60.7 Å². The third-order valence-electron chi connectivity index (χ3n) is 3.26. The van der Waals surface area contributed by atoms with Crippen LogP contribution >= 0.6 is 0 Å². The van der Waals surface area contributed by atoms with Gasteiger partial charge in [-0.1, -0.05) is 82.9 Å². The van der Waals surface area contributed by atoms with E-state index in [9.17, 15) is 5.11 Å². The van der Waals surface area contributed by atoms with Crippen molar-refractivity contribution in [1.29, 1.82) is 0 Å². The Morgan fingerprint density at radius 2 is 1.23 bits per heavy atom. The molecular formula is C19H32O2Si. The highest BCUT2D eigenvalue weighted by Crippen LogP contribution is 2.08. The summed E-state index contributed by atoms with van der Waals surface area (Å²) in [6.07, 6.45) is -0.445. The van der Waals surface area contributed by atoms with Gasteiger partial charge >= 0.3 is 0 Å². The summed E-state index contributed by atoms with van der Waals surface area (Å²) in [4.78, 5) is 0. The predicted molar refractivity (Wildman–Crippen MR) is 102 cm³/mol. The molecular weight excluding hydrogens is 288 g/mol. The van der Waals surface area contributed by atoms with E-state index in [1.165, 1.54) is 10.4 Å². The largest absolute Gasteiger partial charge is 0.406 e. The number of rotatable bonds is 5. The third kappa shape index (κ3) is 5.41. The molecule has 2 aromatic carbocycles. The van der Waals surface area contributed by atoms with Gasteiger partial charge in [-0.05, 0) is 23.8 Å². The van der Waals surface area contributed by atoms with Crippen molar-refractivity contribution in [3.05, 3.63) is 60.7 Å². The predicted octanol–water partition coefficient (Wildman–Crippen LogP) is 3.68. The molecule has 0 aliphatic rings. The number of aliphatic hydroxyl groups excluding tert-OH is 1. The molecule has 22 heavy (non-hydrogen) atoms. The van der Waals surface area contributed by atoms with Gasteiger partial charge in [0.1, 0.15) is 0 Å². The van der Waals surface area contributed by atoms with Crippen molar-refractivity contribution in [3.8, 4) is 0 Å². The molecule has 0 saturated heterocycles. The molecule has 0 radical (unpaired) electrons. The molecule has 0 spiro atoms. The minimum absolute atomic E-state index is 0. The fourth-order valence-electron chi connectivity index (χ4n) is 2.13. The molecule has 0 aromatic heterocycles. The Hall–Kier alpha value is -1.42. The summed E-state index contributed by atoms with van der Waals surface area (Å²) in [6, 6.07) is 20.6. The van der Waals surface area contributed by atoms with E-state index in [1.54, 1.807) is 6.92 Å². The van der Waals surface area contributed by atoms with Crippen molar-refractivity contribution >= 4 is 18.7 Å². The second kappa shape index (κ2) is 10.3. The van der Waals surface area contributed by atoms with Crippen LogP contribution in [0.25, 0.3) is 0 Å². The molecule has 2 aromatic rings. The lowest BCUT2D eigenvalue weighted by Gasteiger charge is -2.29. The number of hydrogen-bond donors (Lipinski definition) is 1. The first kappa shape index (κ1) is 22.9. The van der Waals surface area contributed by atoms with Crippen LogP contribution in [0.2, 0.25) is 6.55 Å². The van der Waals surface area contributed by atoms with Gasteiger partial charge in [-0.3, -0.25) is 0 Å². The summed E-state index contributed by atoms with van der Waals surface area (Å²) in [6.45, 7) is 4.30. The molecule has 0 amide bonds. The molecule has 1 atom stereocenters. The Morgan fingerprint density at radius 3 is 1.55 bits per heavy atom. The van der Waals surface area contributed by atoms with E-state index in [4.69, 9.17) is 4.43 Å². The van der Waals surface area contributed by atoms with Gasteiger partial charge in [0.05, 0.1) is 12.7 Å². The second-order valence-corrected chi connectivity index (χ2v) is 8.44. The highest BCUT2D eigenvalue weighted by atomic mass is 28.4. The molecule has 0 aliphatic carbocycles. The van der Waals surface area contributed by atoms with Crippen molar-refractivity contribution < 1.29 is 9.53 Å². The minimum Gasteiger partial charge on any atom is -0.406 e. The van der Waals surface area contributed by atoms with Crippen molar-refractivity contribution in [3.63, 3.8) is 0 Å². The van der Waals surface area contributed by atoms with Crippen LogP contribution < -0.4 is 10.4 Å². The Balaban J connectivity index is 0. The summed E-state index contributed by atoms with van der Waals surface area (Å²) >= 11 is 0. The smallest absolute Gasteiger partial charge is 0.252 e. The van der Waals surface area contributed by atoms with Gasteiger partial charge in [0, 0.05) is 0 Å². The Morgan fingerprint density at radius 1 is 0.864 bits per heavy atom. The highest BCUT2D eigenvalue weighted by Gasteiger charge is 2.34. The topological polar surface area (TPSA) is 29.5 Å². The third-order valence-corrected chi connectivity index (χ3v) is 6.88. The van der Waals surface area contributed by atoms with Crippen LogP contribution in [-0.2, 0) is 4.43 Å². The lowest BCUT2D eigenvalue weighted by atomic mass is 10.4. The number of hydrogen-bond acceptors (Lipinski definition) is 2. The second-order valence-electron chi connectivity index (χ2n) is 4.93. The average Bonchev–Trinajstić information content (AvgIpc) is 2.46. The minimum atomic E-state index is -2.22. The first-order chi connectivity index (χ1) is 9.13. The molecule has 2 nitrogen and oxygen atoms in total. The van der Waals surface area contributed by atoms with Crippen molar-refractivity contribution in [2.45, 2.75) is 41.9 Å². The van der Waals surface area contributed by atoms with Crippen LogP contribution in [0.4, 0.5) is 0 Å². The standard InChI is InChI=1S/C16H20O2Si.3CH4/c1-14(17)13-18-19(2,15-9-5-3-6-10-15)16-11-7-4-8-12-16;;;/h3-12,14,17H,13H2,1-2H3;3*1H4. The lowest BCUT2D eigenvalue weighted by molar-refractivity contribution is 0.121. The maximum Gasteiger partial charge on any atom is 0.252 e. The van der Waals surface area contributed by atoms with E-state index in [0.29, 0.717) is 6.61 Å². The first-order valence-corrected chi connectivity index (χ1v) is 8.97. The maximum absolute atomic E-state index is 9.51. The molecule has 0 heterocycles. The van der Waals surface area contributed by atoms with Gasteiger partial charge < -0.3 is 9.53 Å². The van der Waals surface area contributed by atoms with Gasteiger partial charge in [0.15, 0.2) is 0 Å². The van der Waals surface area contributed by atoms with Crippen LogP contribution in [0.3, 0.4) is 0 Å². The van der Waals surface area contributed by atoms with E-state index in [1.807, 2.05) is 36.4 Å². The molecule has 0 aliphatic heterocycles. The van der Waals surface area contributed by atoms with E-state index in [-0.39, 0.29) is 22.3 Å². The van der Waals surface area contributed by atoms with Crippen LogP contribution in [0.5, 0.6) is 0 Å². The summed E-state index contributed by atoms with van der Waals surface area (Å²) in [5.74, 6) is 0. The Kier molecular flexibility index (Phi) is 10.7. The summed E-state index contributed by atoms with van der Waals surface area (Å²) < 4.78 is 6.15. The first-order valence-electron chi connectivity index (χ1n) is 6.56. The van der Waals surface area contributed by atoms with Gasteiger partial charge in [0.2, 0.25) is 0 Å². The van der Waals surface area contributed by atoms with Crippen LogP contribution in [-0.4, -0.2) is 26.1 Å². The maximum atomic E-state index is 9.51. The fourth-order valence-corrected chi connectivity index (χ4v) is 5.03. The molecule has 1 unspecified atom stereocenters. The number of aliphatic hydroxyl groups is 1. The zero-order valence-electron chi connectivity index (χ0n) is 11.4. The Labute approximate surface area is 137 Å². The van der Waals surface area contributed by atoms with Crippen molar-refractivity contribution in [1.82, 2.24) is 0 Å². The van der Waals surface area contributed by atoms with E-state index in [2.05, 4.69) is 30.8 Å². The van der Waals surface area contributed by atoms with Crippen LogP contribution in [0, 0.1) is 0 Å². The summed E-state index contributed by atoms with van der Waals surface area (Å²) in [5.41, 5.74) is 0. The van der Waals surface area contributed by atoms with Gasteiger partial charge in [-0.2, -0.15) is 0 Å². The normalized spacial score (nSPS) is 11.4. The Bertz CT molecular complexity index is 458. The molecule has 124 valence electrons. The van der Waals surface area contributed by atoms with Crippen molar-refractivity contribution in [2.24, 2.45) is 0 Å². The van der Waals surface area contributed by atoms with Gasteiger partial charge in [-0.15, -0.1) is 0 Å². The fraction of sp³-hybridized carbons (Fsp3) is 0.368. The van der Waals surface area contributed by atoms with E-state index >= 15 is 0 Å². The molecule has 0 saturated carbocycles. The zero-order valence-corrected chi connectivity index (χ0v) is 12.4. The molecule has 0 bridgehead atoms. The molecule has 2 rings (SSSR count). The summed E-state index contributed by atoms with van der Waals surface area (Å²) in [5, 5.41) is 12.0. The van der Waals surface area contributed by atoms with Crippen LogP contribution in [0.1, 0.15) is 29.2 Å². The lowest BCUT2D eigenvalue weighted by Crippen LogP contribution is -2.59. The van der Waals surface area contributed by atoms with Gasteiger partial charge in [-0.25, -0.2) is 0 Å². The summed E-state index contributed by atoms with van der Waals surface area (Å²) in [7, 11) is -2.22. The zero-order chi connectivity index (χ0) is 13.7. The molecule has 1 N–H and O–H groups in total. The van der Waals surface area contributed by atoms with Crippen molar-refractivity contribution in [2.75, 3.05) is 6.61 Å².